The molecule has 0 radical (unpaired) electrons. The van der Waals surface area contributed by atoms with Crippen molar-refractivity contribution in [3.05, 3.63) is 35.9 Å². The second kappa shape index (κ2) is 8.02. The van der Waals surface area contributed by atoms with E-state index in [0.717, 1.165) is 25.7 Å². The molecule has 5 heteroatoms. The number of rotatable bonds is 6. The number of fused-ring (bicyclic) bond motifs is 1. The monoisotopic (exact) mass is 356 g/mol. The number of hydrogen-bond acceptors (Lipinski definition) is 3. The lowest BCUT2D eigenvalue weighted by Crippen LogP contribution is -2.42. The zero-order chi connectivity index (χ0) is 18.7. The maximum atomic E-state index is 12.5. The van der Waals surface area contributed by atoms with Gasteiger partial charge < -0.3 is 5.32 Å². The van der Waals surface area contributed by atoms with Gasteiger partial charge >= 0.3 is 0 Å². The Morgan fingerprint density at radius 1 is 1.08 bits per heavy atom. The average molecular weight is 356 g/mol. The Hall–Kier alpha value is -2.17. The van der Waals surface area contributed by atoms with Gasteiger partial charge in [0.1, 0.15) is 6.54 Å². The molecule has 3 rings (SSSR count). The van der Waals surface area contributed by atoms with Crippen LogP contribution in [0.4, 0.5) is 0 Å². The number of amides is 3. The maximum Gasteiger partial charge on any atom is 0.240 e. The van der Waals surface area contributed by atoms with Crippen molar-refractivity contribution in [3.8, 4) is 0 Å². The minimum absolute atomic E-state index is 0.149. The fourth-order valence-corrected chi connectivity index (χ4v) is 4.25. The molecule has 0 aromatic heterocycles. The van der Waals surface area contributed by atoms with Gasteiger partial charge in [-0.25, -0.2) is 0 Å². The summed E-state index contributed by atoms with van der Waals surface area (Å²) in [5.41, 5.74) is 1.18. The van der Waals surface area contributed by atoms with Gasteiger partial charge in [0.2, 0.25) is 17.7 Å². The summed E-state index contributed by atoms with van der Waals surface area (Å²) in [7, 11) is 0. The molecule has 3 unspecified atom stereocenters. The third-order valence-corrected chi connectivity index (χ3v) is 5.79. The quantitative estimate of drug-likeness (QED) is 0.797. The van der Waals surface area contributed by atoms with Crippen molar-refractivity contribution in [1.82, 2.24) is 10.2 Å². The molecule has 0 spiro atoms. The van der Waals surface area contributed by atoms with Crippen molar-refractivity contribution in [3.63, 3.8) is 0 Å². The summed E-state index contributed by atoms with van der Waals surface area (Å²) in [5, 5.41) is 2.93. The van der Waals surface area contributed by atoms with Crippen LogP contribution in [0.1, 0.15) is 51.0 Å². The van der Waals surface area contributed by atoms with E-state index in [-0.39, 0.29) is 42.0 Å². The number of likely N-dealkylation sites (tertiary alicyclic amines) is 1. The van der Waals surface area contributed by atoms with Gasteiger partial charge in [0.25, 0.3) is 0 Å². The first-order chi connectivity index (χ1) is 12.5. The summed E-state index contributed by atoms with van der Waals surface area (Å²) in [6.45, 7) is 4.61. The van der Waals surface area contributed by atoms with E-state index < -0.39 is 0 Å². The molecule has 1 aliphatic heterocycles. The molecule has 3 amide bonds. The van der Waals surface area contributed by atoms with Crippen LogP contribution in [0.25, 0.3) is 0 Å². The van der Waals surface area contributed by atoms with Crippen LogP contribution in [0.2, 0.25) is 0 Å². The first kappa shape index (κ1) is 18.6. The van der Waals surface area contributed by atoms with E-state index in [0.29, 0.717) is 12.5 Å². The van der Waals surface area contributed by atoms with Crippen molar-refractivity contribution in [2.24, 2.45) is 17.8 Å². The normalized spacial score (nSPS) is 23.9. The van der Waals surface area contributed by atoms with E-state index in [1.54, 1.807) is 0 Å². The lowest BCUT2D eigenvalue weighted by molar-refractivity contribution is -0.143. The highest BCUT2D eigenvalue weighted by Gasteiger charge is 2.48. The smallest absolute Gasteiger partial charge is 0.240 e. The molecule has 2 aliphatic rings. The zero-order valence-electron chi connectivity index (χ0n) is 15.6. The van der Waals surface area contributed by atoms with E-state index in [1.807, 2.05) is 18.2 Å². The third kappa shape index (κ3) is 3.81. The predicted molar refractivity (Wildman–Crippen MR) is 99.2 cm³/mol. The van der Waals surface area contributed by atoms with Crippen LogP contribution in [0.15, 0.2) is 30.3 Å². The van der Waals surface area contributed by atoms with E-state index >= 15 is 0 Å². The third-order valence-electron chi connectivity index (χ3n) is 5.79. The Bertz CT molecular complexity index is 647. The van der Waals surface area contributed by atoms with Crippen molar-refractivity contribution in [2.75, 3.05) is 13.1 Å². The standard InChI is InChI=1S/C21H28N2O3/c1-14(2)18(15-8-4-3-5-9-15)12-22-19(24)13-23-20(25)16-10-6-7-11-17(16)21(23)26/h3-5,8-9,14,16-18H,6-7,10-13H2,1-2H3,(H,22,24). The van der Waals surface area contributed by atoms with Crippen LogP contribution in [-0.2, 0) is 14.4 Å². The van der Waals surface area contributed by atoms with E-state index in [4.69, 9.17) is 0 Å². The summed E-state index contributed by atoms with van der Waals surface area (Å²) in [4.78, 5) is 38.5. The van der Waals surface area contributed by atoms with Crippen molar-refractivity contribution >= 4 is 17.7 Å². The number of carbonyl (C=O) groups excluding carboxylic acids is 3. The molecule has 26 heavy (non-hydrogen) atoms. The minimum atomic E-state index is -0.257. The average Bonchev–Trinajstić information content (AvgIpc) is 2.88. The summed E-state index contributed by atoms with van der Waals surface area (Å²) in [6, 6.07) is 10.1. The lowest BCUT2D eigenvalue weighted by Gasteiger charge is -2.22. The topological polar surface area (TPSA) is 66.5 Å². The molecular weight excluding hydrogens is 328 g/mol. The van der Waals surface area contributed by atoms with E-state index in [1.165, 1.54) is 10.5 Å². The van der Waals surface area contributed by atoms with Crippen LogP contribution in [-0.4, -0.2) is 35.7 Å². The lowest BCUT2D eigenvalue weighted by atomic mass is 9.81. The summed E-state index contributed by atoms with van der Waals surface area (Å²) in [6.07, 6.45) is 3.54. The molecule has 3 atom stereocenters. The first-order valence-electron chi connectivity index (χ1n) is 9.66. The number of carbonyl (C=O) groups is 3. The van der Waals surface area contributed by atoms with Crippen molar-refractivity contribution < 1.29 is 14.4 Å². The van der Waals surface area contributed by atoms with E-state index in [9.17, 15) is 14.4 Å². The van der Waals surface area contributed by atoms with E-state index in [2.05, 4.69) is 31.3 Å². The van der Waals surface area contributed by atoms with Crippen LogP contribution in [0.5, 0.6) is 0 Å². The van der Waals surface area contributed by atoms with Gasteiger partial charge in [-0.3, -0.25) is 19.3 Å². The second-order valence-corrected chi connectivity index (χ2v) is 7.83. The van der Waals surface area contributed by atoms with Crippen LogP contribution >= 0.6 is 0 Å². The number of imide groups is 1. The molecule has 1 heterocycles. The Kier molecular flexibility index (Phi) is 5.74. The molecule has 0 bridgehead atoms. The molecule has 1 aromatic carbocycles. The number of hydrogen-bond donors (Lipinski definition) is 1. The fraction of sp³-hybridized carbons (Fsp3) is 0.571. The molecule has 1 saturated carbocycles. The number of benzene rings is 1. The largest absolute Gasteiger partial charge is 0.354 e. The van der Waals surface area contributed by atoms with Gasteiger partial charge in [0, 0.05) is 12.5 Å². The highest BCUT2D eigenvalue weighted by atomic mass is 16.2. The maximum absolute atomic E-state index is 12.5. The molecular formula is C21H28N2O3. The molecule has 1 saturated heterocycles. The van der Waals surface area contributed by atoms with Gasteiger partial charge in [0.15, 0.2) is 0 Å². The summed E-state index contributed by atoms with van der Waals surface area (Å²) >= 11 is 0. The highest BCUT2D eigenvalue weighted by Crippen LogP contribution is 2.37. The highest BCUT2D eigenvalue weighted by molar-refractivity contribution is 6.07. The number of nitrogens with one attached hydrogen (secondary N) is 1. The van der Waals surface area contributed by atoms with Crippen LogP contribution in [0.3, 0.4) is 0 Å². The van der Waals surface area contributed by atoms with Crippen LogP contribution in [0, 0.1) is 17.8 Å². The zero-order valence-corrected chi connectivity index (χ0v) is 15.6. The molecule has 1 aliphatic carbocycles. The van der Waals surface area contributed by atoms with Gasteiger partial charge in [0.05, 0.1) is 11.8 Å². The van der Waals surface area contributed by atoms with Crippen LogP contribution < -0.4 is 5.32 Å². The summed E-state index contributed by atoms with van der Waals surface area (Å²) < 4.78 is 0. The van der Waals surface area contributed by atoms with Crippen molar-refractivity contribution in [2.45, 2.75) is 45.4 Å². The van der Waals surface area contributed by atoms with Gasteiger partial charge in [-0.05, 0) is 24.3 Å². The van der Waals surface area contributed by atoms with Gasteiger partial charge in [-0.15, -0.1) is 0 Å². The van der Waals surface area contributed by atoms with Crippen molar-refractivity contribution in [1.29, 1.82) is 0 Å². The summed E-state index contributed by atoms with van der Waals surface area (Å²) in [5.74, 6) is -0.388. The first-order valence-corrected chi connectivity index (χ1v) is 9.66. The Balaban J connectivity index is 1.58. The SMILES string of the molecule is CC(C)C(CNC(=O)CN1C(=O)C2CCCCC2C1=O)c1ccccc1. The predicted octanol–water partition coefficient (Wildman–Crippen LogP) is 2.72. The molecule has 1 N–H and O–H groups in total. The molecule has 1 aromatic rings. The molecule has 140 valence electrons. The minimum Gasteiger partial charge on any atom is -0.354 e. The van der Waals surface area contributed by atoms with Gasteiger partial charge in [-0.2, -0.15) is 0 Å². The Morgan fingerprint density at radius 3 is 2.19 bits per heavy atom. The van der Waals surface area contributed by atoms with Gasteiger partial charge in [-0.1, -0.05) is 57.0 Å². The number of nitrogens with zero attached hydrogens (tertiary/aromatic N) is 1. The molecule has 2 fully saturated rings. The molecule has 5 nitrogen and oxygen atoms in total. The Morgan fingerprint density at radius 2 is 1.65 bits per heavy atom. The fourth-order valence-electron chi connectivity index (χ4n) is 4.25. The Labute approximate surface area is 155 Å². The second-order valence-electron chi connectivity index (χ2n) is 7.83.